The molecule has 0 aliphatic heterocycles. The summed E-state index contributed by atoms with van der Waals surface area (Å²) < 4.78 is 24.6. The Morgan fingerprint density at radius 1 is 1.46 bits per heavy atom. The van der Waals surface area contributed by atoms with Crippen LogP contribution >= 0.6 is 15.9 Å². The molecular formula is C7H8BrF2N3. The quantitative estimate of drug-likeness (QED) is 0.792. The van der Waals surface area contributed by atoms with E-state index in [0.717, 1.165) is 6.20 Å². The number of aromatic nitrogens is 1. The second kappa shape index (κ2) is 3.87. The number of alkyl halides is 3. The second-order valence-corrected chi connectivity index (χ2v) is 2.99. The molecule has 0 saturated heterocycles. The van der Waals surface area contributed by atoms with Gasteiger partial charge in [0.15, 0.2) is 0 Å². The van der Waals surface area contributed by atoms with Crippen LogP contribution in [0.15, 0.2) is 6.20 Å². The lowest BCUT2D eigenvalue weighted by Gasteiger charge is -2.09. The molecule has 1 heterocycles. The fourth-order valence-electron chi connectivity index (χ4n) is 0.913. The van der Waals surface area contributed by atoms with Gasteiger partial charge in [-0.2, -0.15) is 0 Å². The molecule has 0 spiro atoms. The first-order valence-corrected chi connectivity index (χ1v) is 4.57. The molecule has 0 aliphatic carbocycles. The first-order valence-electron chi connectivity index (χ1n) is 3.44. The van der Waals surface area contributed by atoms with E-state index in [-0.39, 0.29) is 17.1 Å². The molecule has 1 aromatic heterocycles. The fourth-order valence-corrected chi connectivity index (χ4v) is 1.50. The molecule has 0 atom stereocenters. The lowest BCUT2D eigenvalue weighted by molar-refractivity contribution is 0.152. The van der Waals surface area contributed by atoms with Crippen LogP contribution in [0, 0.1) is 0 Å². The van der Waals surface area contributed by atoms with E-state index >= 15 is 0 Å². The average Bonchev–Trinajstić information content (AvgIpc) is 2.04. The van der Waals surface area contributed by atoms with Gasteiger partial charge in [0, 0.05) is 22.8 Å². The average molecular weight is 252 g/mol. The Hall–Kier alpha value is -0.910. The fraction of sp³-hybridized carbons (Fsp3) is 0.286. The normalized spacial score (nSPS) is 10.8. The van der Waals surface area contributed by atoms with E-state index in [9.17, 15) is 8.78 Å². The molecule has 1 rings (SSSR count). The van der Waals surface area contributed by atoms with Crippen molar-refractivity contribution in [1.82, 2.24) is 4.98 Å². The molecular weight excluding hydrogens is 244 g/mol. The second-order valence-electron chi connectivity index (χ2n) is 2.43. The molecule has 0 fully saturated rings. The number of rotatable bonds is 2. The van der Waals surface area contributed by atoms with E-state index < -0.39 is 6.43 Å². The Morgan fingerprint density at radius 3 is 2.54 bits per heavy atom. The number of pyridine rings is 1. The predicted octanol–water partition coefficient (Wildman–Crippen LogP) is 2.08. The van der Waals surface area contributed by atoms with Crippen LogP contribution in [0.5, 0.6) is 0 Å². The molecule has 0 amide bonds. The summed E-state index contributed by atoms with van der Waals surface area (Å²) in [6.07, 6.45) is -1.62. The largest absolute Gasteiger partial charge is 0.398 e. The third-order valence-electron chi connectivity index (χ3n) is 1.66. The van der Waals surface area contributed by atoms with Gasteiger partial charge in [-0.05, 0) is 0 Å². The Kier molecular flexibility index (Phi) is 3.02. The van der Waals surface area contributed by atoms with E-state index in [2.05, 4.69) is 20.9 Å². The van der Waals surface area contributed by atoms with Crippen LogP contribution in [0.25, 0.3) is 0 Å². The van der Waals surface area contributed by atoms with E-state index in [4.69, 9.17) is 11.5 Å². The maximum atomic E-state index is 12.3. The van der Waals surface area contributed by atoms with Gasteiger partial charge >= 0.3 is 0 Å². The molecule has 1 aromatic rings. The Labute approximate surface area is 82.3 Å². The van der Waals surface area contributed by atoms with Crippen molar-refractivity contribution in [2.75, 3.05) is 11.5 Å². The molecule has 0 aliphatic rings. The summed E-state index contributed by atoms with van der Waals surface area (Å²) in [5, 5.41) is 0.318. The minimum Gasteiger partial charge on any atom is -0.398 e. The molecule has 3 nitrogen and oxygen atoms in total. The number of nitrogen functional groups attached to an aromatic ring is 2. The van der Waals surface area contributed by atoms with Crippen molar-refractivity contribution in [3.8, 4) is 0 Å². The first-order chi connectivity index (χ1) is 6.07. The van der Waals surface area contributed by atoms with E-state index in [1.54, 1.807) is 0 Å². The smallest absolute Gasteiger partial charge is 0.267 e. The van der Waals surface area contributed by atoms with Gasteiger partial charge in [0.2, 0.25) is 0 Å². The summed E-state index contributed by atoms with van der Waals surface area (Å²) in [5.41, 5.74) is 11.1. The highest BCUT2D eigenvalue weighted by Gasteiger charge is 2.16. The van der Waals surface area contributed by atoms with Crippen molar-refractivity contribution >= 4 is 27.4 Å². The molecule has 0 aromatic carbocycles. The van der Waals surface area contributed by atoms with E-state index in [1.807, 2.05) is 0 Å². The number of nitrogens with two attached hydrogens (primary N) is 2. The van der Waals surface area contributed by atoms with Gasteiger partial charge in [-0.1, -0.05) is 15.9 Å². The van der Waals surface area contributed by atoms with Crippen LogP contribution in [0.4, 0.5) is 20.3 Å². The maximum absolute atomic E-state index is 12.3. The summed E-state index contributed by atoms with van der Waals surface area (Å²) in [4.78, 5) is 3.62. The van der Waals surface area contributed by atoms with Crippen LogP contribution in [0.3, 0.4) is 0 Å². The van der Waals surface area contributed by atoms with Crippen LogP contribution in [-0.4, -0.2) is 4.98 Å². The molecule has 4 N–H and O–H groups in total. The minimum atomic E-state index is -2.62. The topological polar surface area (TPSA) is 64.9 Å². The molecule has 13 heavy (non-hydrogen) atoms. The van der Waals surface area contributed by atoms with E-state index in [0.29, 0.717) is 10.9 Å². The molecule has 72 valence electrons. The van der Waals surface area contributed by atoms with Gasteiger partial charge in [0.25, 0.3) is 6.43 Å². The minimum absolute atomic E-state index is 0.0133. The lowest BCUT2D eigenvalue weighted by Crippen LogP contribution is -2.05. The number of halogens is 3. The Morgan fingerprint density at radius 2 is 2.08 bits per heavy atom. The molecule has 6 heteroatoms. The zero-order valence-corrected chi connectivity index (χ0v) is 8.18. The zero-order valence-electron chi connectivity index (χ0n) is 6.60. The third kappa shape index (κ3) is 1.88. The van der Waals surface area contributed by atoms with Gasteiger partial charge in [-0.3, -0.25) is 0 Å². The Bertz CT molecular complexity index is 317. The van der Waals surface area contributed by atoms with Gasteiger partial charge in [-0.25, -0.2) is 13.8 Å². The van der Waals surface area contributed by atoms with Gasteiger partial charge in [0.1, 0.15) is 5.82 Å². The summed E-state index contributed by atoms with van der Waals surface area (Å²) in [7, 11) is 0. The van der Waals surface area contributed by atoms with Crippen molar-refractivity contribution in [3.63, 3.8) is 0 Å². The summed E-state index contributed by atoms with van der Waals surface area (Å²) in [6, 6.07) is 0. The van der Waals surface area contributed by atoms with Crippen LogP contribution in [0.1, 0.15) is 17.6 Å². The van der Waals surface area contributed by atoms with Crippen molar-refractivity contribution in [2.24, 2.45) is 0 Å². The van der Waals surface area contributed by atoms with Gasteiger partial charge < -0.3 is 11.5 Å². The van der Waals surface area contributed by atoms with Gasteiger partial charge in [0.05, 0.1) is 5.56 Å². The maximum Gasteiger partial charge on any atom is 0.267 e. The SMILES string of the molecule is Nc1ncc(C(F)F)c(N)c1CBr. The number of nitrogens with zero attached hydrogens (tertiary/aromatic N) is 1. The van der Waals surface area contributed by atoms with Gasteiger partial charge in [-0.15, -0.1) is 0 Å². The summed E-state index contributed by atoms with van der Waals surface area (Å²) in [5.74, 6) is 0.179. The summed E-state index contributed by atoms with van der Waals surface area (Å²) in [6.45, 7) is 0. The molecule has 0 bridgehead atoms. The third-order valence-corrected chi connectivity index (χ3v) is 2.22. The van der Waals surface area contributed by atoms with Crippen molar-refractivity contribution in [2.45, 2.75) is 11.8 Å². The van der Waals surface area contributed by atoms with Crippen LogP contribution in [0.2, 0.25) is 0 Å². The number of hydrogen-bond acceptors (Lipinski definition) is 3. The van der Waals surface area contributed by atoms with Crippen molar-refractivity contribution in [3.05, 3.63) is 17.3 Å². The summed E-state index contributed by atoms with van der Waals surface area (Å²) >= 11 is 3.10. The molecule has 0 saturated carbocycles. The standard InChI is InChI=1S/C7H8BrF2N3/c8-1-3-5(11)4(6(9)10)2-13-7(3)12/h2,6H,1H2,(H4,11,12,13). The molecule has 0 unspecified atom stereocenters. The number of hydrogen-bond donors (Lipinski definition) is 2. The van der Waals surface area contributed by atoms with Crippen LogP contribution < -0.4 is 11.5 Å². The zero-order chi connectivity index (χ0) is 10.0. The lowest BCUT2D eigenvalue weighted by atomic mass is 10.1. The van der Waals surface area contributed by atoms with Crippen LogP contribution in [-0.2, 0) is 5.33 Å². The van der Waals surface area contributed by atoms with E-state index in [1.165, 1.54) is 0 Å². The molecule has 0 radical (unpaired) electrons. The Balaban J connectivity index is 3.27. The monoisotopic (exact) mass is 251 g/mol. The highest BCUT2D eigenvalue weighted by atomic mass is 79.9. The predicted molar refractivity (Wildman–Crippen MR) is 50.6 cm³/mol. The highest BCUT2D eigenvalue weighted by molar-refractivity contribution is 9.08. The highest BCUT2D eigenvalue weighted by Crippen LogP contribution is 2.30. The van der Waals surface area contributed by atoms with Crippen molar-refractivity contribution < 1.29 is 8.78 Å². The van der Waals surface area contributed by atoms with Crippen molar-refractivity contribution in [1.29, 1.82) is 0 Å². The first kappa shape index (κ1) is 10.2. The number of anilines is 2.